The monoisotopic (exact) mass is 433 g/mol. The van der Waals surface area contributed by atoms with Gasteiger partial charge in [0.1, 0.15) is 6.54 Å². The number of nitrogens with zero attached hydrogens (tertiary/aromatic N) is 3. The number of carbonyl (C=O) groups is 3. The molecule has 4 rings (SSSR count). The summed E-state index contributed by atoms with van der Waals surface area (Å²) in [5, 5.41) is 0. The van der Waals surface area contributed by atoms with Crippen LogP contribution in [0.15, 0.2) is 48.5 Å². The first-order chi connectivity index (χ1) is 15.5. The van der Waals surface area contributed by atoms with E-state index in [0.29, 0.717) is 6.42 Å². The van der Waals surface area contributed by atoms with Gasteiger partial charge in [0.2, 0.25) is 17.7 Å². The van der Waals surface area contributed by atoms with E-state index in [9.17, 15) is 14.4 Å². The number of benzene rings is 2. The van der Waals surface area contributed by atoms with E-state index in [2.05, 4.69) is 0 Å². The number of piperidine rings is 1. The van der Waals surface area contributed by atoms with Crippen LogP contribution in [-0.2, 0) is 20.8 Å². The minimum atomic E-state index is -0.107. The van der Waals surface area contributed by atoms with Gasteiger partial charge in [0.05, 0.1) is 6.42 Å². The Kier molecular flexibility index (Phi) is 6.88. The largest absolute Gasteiger partial charge is 0.341 e. The minimum Gasteiger partial charge on any atom is -0.341 e. The van der Waals surface area contributed by atoms with Crippen LogP contribution in [0.5, 0.6) is 0 Å². The molecule has 0 radical (unpaired) electrons. The maximum Gasteiger partial charge on any atom is 0.242 e. The topological polar surface area (TPSA) is 60.9 Å². The van der Waals surface area contributed by atoms with E-state index < -0.39 is 0 Å². The number of amides is 3. The van der Waals surface area contributed by atoms with Crippen LogP contribution in [0.3, 0.4) is 0 Å². The van der Waals surface area contributed by atoms with Crippen molar-refractivity contribution in [1.29, 1.82) is 0 Å². The van der Waals surface area contributed by atoms with Gasteiger partial charge in [-0.1, -0.05) is 29.8 Å². The number of anilines is 2. The Labute approximate surface area is 189 Å². The molecular formula is C26H31N3O3. The van der Waals surface area contributed by atoms with Gasteiger partial charge in [0, 0.05) is 37.4 Å². The summed E-state index contributed by atoms with van der Waals surface area (Å²) in [5.74, 6) is 0.0429. The Balaban J connectivity index is 1.48. The summed E-state index contributed by atoms with van der Waals surface area (Å²) in [5.41, 5.74) is 3.59. The summed E-state index contributed by atoms with van der Waals surface area (Å²) in [6.07, 6.45) is 4.89. The molecule has 0 aromatic heterocycles. The van der Waals surface area contributed by atoms with Gasteiger partial charge in [0.15, 0.2) is 0 Å². The molecule has 6 nitrogen and oxygen atoms in total. The SMILES string of the molecule is Cc1ccc(N(CC(=O)N2CCCCC2)C(=O)Cc2ccc(N3CCCC3=O)cc2)cc1. The van der Waals surface area contributed by atoms with Gasteiger partial charge in [-0.2, -0.15) is 0 Å². The van der Waals surface area contributed by atoms with Gasteiger partial charge < -0.3 is 14.7 Å². The Morgan fingerprint density at radius 2 is 1.56 bits per heavy atom. The molecule has 2 aromatic rings. The van der Waals surface area contributed by atoms with E-state index >= 15 is 0 Å². The fourth-order valence-corrected chi connectivity index (χ4v) is 4.41. The van der Waals surface area contributed by atoms with Crippen molar-refractivity contribution in [3.8, 4) is 0 Å². The van der Waals surface area contributed by atoms with E-state index in [4.69, 9.17) is 0 Å². The lowest BCUT2D eigenvalue weighted by Crippen LogP contribution is -2.45. The fraction of sp³-hybridized carbons (Fsp3) is 0.423. The predicted octanol–water partition coefficient (Wildman–Crippen LogP) is 3.71. The Bertz CT molecular complexity index is 963. The molecule has 0 bridgehead atoms. The molecule has 32 heavy (non-hydrogen) atoms. The maximum absolute atomic E-state index is 13.3. The molecule has 0 aliphatic carbocycles. The molecule has 0 spiro atoms. The lowest BCUT2D eigenvalue weighted by atomic mass is 10.1. The molecule has 2 fully saturated rings. The van der Waals surface area contributed by atoms with Gasteiger partial charge in [-0.05, 0) is 62.4 Å². The molecule has 3 amide bonds. The van der Waals surface area contributed by atoms with Gasteiger partial charge in [0.25, 0.3) is 0 Å². The highest BCUT2D eigenvalue weighted by Crippen LogP contribution is 2.23. The predicted molar refractivity (Wildman–Crippen MR) is 126 cm³/mol. The third kappa shape index (κ3) is 5.18. The third-order valence-electron chi connectivity index (χ3n) is 6.33. The van der Waals surface area contributed by atoms with E-state index in [-0.39, 0.29) is 30.7 Å². The Hall–Kier alpha value is -3.15. The van der Waals surface area contributed by atoms with Crippen LogP contribution in [0, 0.1) is 6.92 Å². The summed E-state index contributed by atoms with van der Waals surface area (Å²) in [4.78, 5) is 43.5. The number of carbonyl (C=O) groups excluding carboxylic acids is 3. The third-order valence-corrected chi connectivity index (χ3v) is 6.33. The normalized spacial score (nSPS) is 16.3. The molecule has 0 saturated carbocycles. The second-order valence-corrected chi connectivity index (χ2v) is 8.75. The van der Waals surface area contributed by atoms with Crippen molar-refractivity contribution >= 4 is 29.1 Å². The average Bonchev–Trinajstić information content (AvgIpc) is 3.25. The van der Waals surface area contributed by atoms with Crippen LogP contribution in [0.1, 0.15) is 43.2 Å². The molecule has 0 atom stereocenters. The molecular weight excluding hydrogens is 402 g/mol. The zero-order valence-electron chi connectivity index (χ0n) is 18.8. The van der Waals surface area contributed by atoms with Crippen LogP contribution in [0.25, 0.3) is 0 Å². The van der Waals surface area contributed by atoms with E-state index in [0.717, 1.165) is 67.8 Å². The van der Waals surface area contributed by atoms with Gasteiger partial charge in [-0.25, -0.2) is 0 Å². The highest BCUT2D eigenvalue weighted by atomic mass is 16.2. The summed E-state index contributed by atoms with van der Waals surface area (Å²) >= 11 is 0. The summed E-state index contributed by atoms with van der Waals surface area (Å²) in [6, 6.07) is 15.3. The van der Waals surface area contributed by atoms with Crippen molar-refractivity contribution in [2.24, 2.45) is 0 Å². The standard InChI is InChI=1S/C26H31N3O3/c1-20-7-11-23(12-8-20)29(19-26(32)27-15-3-2-4-16-27)25(31)18-21-9-13-22(14-10-21)28-17-5-6-24(28)30/h7-14H,2-6,15-19H2,1H3. The lowest BCUT2D eigenvalue weighted by Gasteiger charge is -2.30. The second-order valence-electron chi connectivity index (χ2n) is 8.75. The number of hydrogen-bond donors (Lipinski definition) is 0. The Morgan fingerprint density at radius 3 is 2.19 bits per heavy atom. The first-order valence-corrected chi connectivity index (χ1v) is 11.6. The first kappa shape index (κ1) is 22.1. The summed E-state index contributed by atoms with van der Waals surface area (Å²) in [6.45, 7) is 4.34. The Morgan fingerprint density at radius 1 is 0.875 bits per heavy atom. The van der Waals surface area contributed by atoms with Crippen molar-refractivity contribution in [2.45, 2.75) is 45.4 Å². The molecule has 2 aliphatic heterocycles. The highest BCUT2D eigenvalue weighted by molar-refractivity contribution is 6.00. The molecule has 2 aliphatic rings. The first-order valence-electron chi connectivity index (χ1n) is 11.6. The van der Waals surface area contributed by atoms with Crippen molar-refractivity contribution in [1.82, 2.24) is 4.90 Å². The van der Waals surface area contributed by atoms with E-state index in [1.54, 1.807) is 9.80 Å². The van der Waals surface area contributed by atoms with Gasteiger partial charge >= 0.3 is 0 Å². The molecule has 2 saturated heterocycles. The van der Waals surface area contributed by atoms with Crippen LogP contribution in [-0.4, -0.2) is 48.8 Å². The van der Waals surface area contributed by atoms with Crippen molar-refractivity contribution in [2.75, 3.05) is 36.0 Å². The van der Waals surface area contributed by atoms with Crippen LogP contribution < -0.4 is 9.80 Å². The lowest BCUT2D eigenvalue weighted by molar-refractivity contribution is -0.132. The average molecular weight is 434 g/mol. The maximum atomic E-state index is 13.3. The molecule has 0 unspecified atom stereocenters. The quantitative estimate of drug-likeness (QED) is 0.698. The van der Waals surface area contributed by atoms with Crippen LogP contribution in [0.4, 0.5) is 11.4 Å². The highest BCUT2D eigenvalue weighted by Gasteiger charge is 2.25. The fourth-order valence-electron chi connectivity index (χ4n) is 4.41. The van der Waals surface area contributed by atoms with Crippen molar-refractivity contribution < 1.29 is 14.4 Å². The number of rotatable bonds is 6. The second kappa shape index (κ2) is 9.98. The van der Waals surface area contributed by atoms with Crippen molar-refractivity contribution in [3.05, 3.63) is 59.7 Å². The summed E-state index contributed by atoms with van der Waals surface area (Å²) in [7, 11) is 0. The summed E-state index contributed by atoms with van der Waals surface area (Å²) < 4.78 is 0. The molecule has 6 heteroatoms. The van der Waals surface area contributed by atoms with Gasteiger partial charge in [-0.3, -0.25) is 14.4 Å². The van der Waals surface area contributed by atoms with E-state index in [1.807, 2.05) is 60.4 Å². The molecule has 2 aromatic carbocycles. The van der Waals surface area contributed by atoms with E-state index in [1.165, 1.54) is 0 Å². The zero-order valence-corrected chi connectivity index (χ0v) is 18.8. The van der Waals surface area contributed by atoms with Gasteiger partial charge in [-0.15, -0.1) is 0 Å². The van der Waals surface area contributed by atoms with Crippen molar-refractivity contribution in [3.63, 3.8) is 0 Å². The minimum absolute atomic E-state index is 0.00141. The van der Waals surface area contributed by atoms with Crippen LogP contribution >= 0.6 is 0 Å². The molecule has 2 heterocycles. The zero-order chi connectivity index (χ0) is 22.5. The molecule has 168 valence electrons. The smallest absolute Gasteiger partial charge is 0.242 e. The van der Waals surface area contributed by atoms with Crippen LogP contribution in [0.2, 0.25) is 0 Å². The molecule has 0 N–H and O–H groups in total. The number of likely N-dealkylation sites (tertiary alicyclic amines) is 1. The number of aryl methyl sites for hydroxylation is 1. The number of hydrogen-bond acceptors (Lipinski definition) is 3.